The molecular weight excluding hydrogens is 563 g/mol. The Hall–Kier alpha value is -4.26. The molecule has 0 bridgehead atoms. The Kier molecular flexibility index (Phi) is 6.53. The van der Waals surface area contributed by atoms with Gasteiger partial charge in [0.15, 0.2) is 0 Å². The molecule has 0 saturated heterocycles. The number of para-hydroxylation sites is 1. The van der Waals surface area contributed by atoms with Gasteiger partial charge in [0.25, 0.3) is 17.4 Å². The number of aryl methyl sites for hydroxylation is 2. The Bertz CT molecular complexity index is 1800. The van der Waals surface area contributed by atoms with E-state index in [0.717, 1.165) is 6.07 Å². The van der Waals surface area contributed by atoms with Crippen LogP contribution < -0.4 is 15.6 Å². The van der Waals surface area contributed by atoms with Crippen molar-refractivity contribution in [2.75, 3.05) is 0 Å². The maximum Gasteiger partial charge on any atom is 0.419 e. The Balaban J connectivity index is 1.71. The van der Waals surface area contributed by atoms with E-state index in [2.05, 4.69) is 15.3 Å². The van der Waals surface area contributed by atoms with Crippen molar-refractivity contribution in [2.24, 2.45) is 7.05 Å². The third kappa shape index (κ3) is 5.02. The largest absolute Gasteiger partial charge is 0.437 e. The van der Waals surface area contributed by atoms with Crippen LogP contribution in [0.1, 0.15) is 54.4 Å². The maximum absolute atomic E-state index is 13.9. The first kappa shape index (κ1) is 29.2. The topological polar surface area (TPSA) is 109 Å². The van der Waals surface area contributed by atoms with Crippen LogP contribution in [0.5, 0.6) is 11.6 Å². The van der Waals surface area contributed by atoms with Crippen LogP contribution >= 0.6 is 0 Å². The van der Waals surface area contributed by atoms with E-state index in [-0.39, 0.29) is 44.7 Å². The van der Waals surface area contributed by atoms with Crippen LogP contribution in [0.2, 0.25) is 0 Å². The number of hydrogen-bond acceptors (Lipinski definition) is 5. The second-order valence-electron chi connectivity index (χ2n) is 11.3. The van der Waals surface area contributed by atoms with Crippen molar-refractivity contribution in [3.63, 3.8) is 0 Å². The van der Waals surface area contributed by atoms with Crippen molar-refractivity contribution in [3.8, 4) is 22.8 Å². The summed E-state index contributed by atoms with van der Waals surface area (Å²) in [7, 11) is 1.43. The molecule has 3 heterocycles. The van der Waals surface area contributed by atoms with Gasteiger partial charge < -0.3 is 24.7 Å². The lowest BCUT2D eigenvalue weighted by atomic mass is 9.96. The van der Waals surface area contributed by atoms with E-state index in [1.165, 1.54) is 76.0 Å². The number of nitrogens with zero attached hydrogens (tertiary/aromatic N) is 2. The number of carbonyl (C=O) groups is 1. The number of ether oxygens (including phenoxy) is 1. The lowest BCUT2D eigenvalue weighted by molar-refractivity contribution is -0.138. The summed E-state index contributed by atoms with van der Waals surface area (Å²) in [4.78, 5) is 32.9. The quantitative estimate of drug-likeness (QED) is 0.246. The first-order chi connectivity index (χ1) is 19.3. The molecule has 1 unspecified atom stereocenters. The first-order valence-electron chi connectivity index (χ1n) is 12.8. The van der Waals surface area contributed by atoms with Gasteiger partial charge in [0, 0.05) is 47.9 Å². The molecule has 1 amide bonds. The molecule has 5 rings (SSSR count). The van der Waals surface area contributed by atoms with E-state index in [1.807, 2.05) is 0 Å². The second kappa shape index (κ2) is 9.38. The zero-order valence-electron chi connectivity index (χ0n) is 23.2. The van der Waals surface area contributed by atoms with Gasteiger partial charge in [-0.15, -0.1) is 0 Å². The Labute approximate surface area is 236 Å². The smallest absolute Gasteiger partial charge is 0.419 e. The normalized spacial score (nSPS) is 18.3. The molecule has 1 aliphatic carbocycles. The second-order valence-corrected chi connectivity index (χ2v) is 11.3. The summed E-state index contributed by atoms with van der Waals surface area (Å²) in [6, 6.07) is 6.32. The van der Waals surface area contributed by atoms with Crippen LogP contribution in [0.15, 0.2) is 47.5 Å². The molecule has 1 aromatic carbocycles. The van der Waals surface area contributed by atoms with Gasteiger partial charge in [0.2, 0.25) is 5.88 Å². The number of nitrogens with one attached hydrogen (secondary N) is 2. The van der Waals surface area contributed by atoms with Crippen LogP contribution in [0.3, 0.4) is 0 Å². The summed E-state index contributed by atoms with van der Waals surface area (Å²) in [5.74, 6) is -4.69. The minimum Gasteiger partial charge on any atom is -0.437 e. The van der Waals surface area contributed by atoms with Gasteiger partial charge in [0.05, 0.1) is 11.2 Å². The molecule has 1 saturated carbocycles. The molecule has 3 N–H and O–H groups in total. The van der Waals surface area contributed by atoms with Crippen LogP contribution in [-0.4, -0.2) is 37.0 Å². The van der Waals surface area contributed by atoms with Gasteiger partial charge in [-0.25, -0.2) is 13.8 Å². The number of rotatable bonds is 6. The standard InChI is InChI=1S/C29H27F5N4O4/c1-14-7-6-8-19(29(32,33)34)22(14)42-24-17(9-15(11-35-24)26(2,3)41)18-12-38(5)25(40)21-16(18)10-20(36-21)23(39)37-27(4)13-28(27,30)31/h6-12,36,41H,13H2,1-5H3,(H,37,39). The molecule has 0 aliphatic heterocycles. The zero-order chi connectivity index (χ0) is 31.0. The molecule has 13 heteroatoms. The van der Waals surface area contributed by atoms with Crippen molar-refractivity contribution in [1.29, 1.82) is 0 Å². The van der Waals surface area contributed by atoms with Gasteiger partial charge in [-0.05, 0) is 51.5 Å². The summed E-state index contributed by atoms with van der Waals surface area (Å²) in [6.45, 7) is 5.62. The highest BCUT2D eigenvalue weighted by Crippen LogP contribution is 2.52. The third-order valence-electron chi connectivity index (χ3n) is 7.42. The van der Waals surface area contributed by atoms with E-state index in [1.54, 1.807) is 0 Å². The number of halogens is 5. The van der Waals surface area contributed by atoms with Crippen LogP contribution in [0, 0.1) is 6.92 Å². The number of pyridine rings is 2. The summed E-state index contributed by atoms with van der Waals surface area (Å²) in [6.07, 6.45) is -2.63. The average Bonchev–Trinajstić information content (AvgIpc) is 3.18. The molecular formula is C29H27F5N4O4. The van der Waals surface area contributed by atoms with Gasteiger partial charge in [-0.1, -0.05) is 12.1 Å². The first-order valence-corrected chi connectivity index (χ1v) is 12.8. The monoisotopic (exact) mass is 590 g/mol. The number of aromatic amines is 1. The number of fused-ring (bicyclic) bond motifs is 1. The van der Waals surface area contributed by atoms with Gasteiger partial charge in [-0.2, -0.15) is 13.2 Å². The van der Waals surface area contributed by atoms with E-state index >= 15 is 0 Å². The number of hydrogen-bond donors (Lipinski definition) is 3. The van der Waals surface area contributed by atoms with E-state index in [9.17, 15) is 36.6 Å². The molecule has 0 spiro atoms. The zero-order valence-corrected chi connectivity index (χ0v) is 23.2. The van der Waals surface area contributed by atoms with Gasteiger partial charge in [-0.3, -0.25) is 9.59 Å². The lowest BCUT2D eigenvalue weighted by Gasteiger charge is -2.21. The fourth-order valence-corrected chi connectivity index (χ4v) is 4.69. The Morgan fingerprint density at radius 3 is 2.45 bits per heavy atom. The van der Waals surface area contributed by atoms with E-state index in [4.69, 9.17) is 4.74 Å². The maximum atomic E-state index is 13.9. The third-order valence-corrected chi connectivity index (χ3v) is 7.42. The van der Waals surface area contributed by atoms with Crippen molar-refractivity contribution in [1.82, 2.24) is 19.9 Å². The number of amides is 1. The lowest BCUT2D eigenvalue weighted by Crippen LogP contribution is -2.39. The number of aliphatic hydroxyl groups is 1. The summed E-state index contributed by atoms with van der Waals surface area (Å²) >= 11 is 0. The highest BCUT2D eigenvalue weighted by Gasteiger charge is 2.69. The minimum atomic E-state index is -4.74. The molecule has 0 radical (unpaired) electrons. The fraction of sp³-hybridized carbons (Fsp3) is 0.345. The SMILES string of the molecule is Cc1cccc(C(F)(F)F)c1Oc1ncc(C(C)(C)O)cc1-c1cn(C)c(=O)c2[nH]c(C(=O)NC3(C)CC3(F)F)cc12. The highest BCUT2D eigenvalue weighted by molar-refractivity contribution is 6.03. The predicted octanol–water partition coefficient (Wildman–Crippen LogP) is 5.80. The fourth-order valence-electron chi connectivity index (χ4n) is 4.69. The van der Waals surface area contributed by atoms with Gasteiger partial charge in [0.1, 0.15) is 22.5 Å². The molecule has 1 fully saturated rings. The number of benzene rings is 1. The van der Waals surface area contributed by atoms with E-state index < -0.39 is 52.4 Å². The van der Waals surface area contributed by atoms with Crippen LogP contribution in [0.25, 0.3) is 22.0 Å². The Morgan fingerprint density at radius 2 is 1.86 bits per heavy atom. The highest BCUT2D eigenvalue weighted by atomic mass is 19.4. The molecule has 3 aromatic heterocycles. The van der Waals surface area contributed by atoms with Crippen LogP contribution in [0.4, 0.5) is 22.0 Å². The minimum absolute atomic E-state index is 0.0562. The Morgan fingerprint density at radius 1 is 1.19 bits per heavy atom. The molecule has 4 aromatic rings. The number of alkyl halides is 5. The molecule has 1 aliphatic rings. The average molecular weight is 591 g/mol. The number of aromatic nitrogens is 3. The molecule has 42 heavy (non-hydrogen) atoms. The number of H-pyrrole nitrogens is 1. The van der Waals surface area contributed by atoms with Crippen molar-refractivity contribution < 1.29 is 36.6 Å². The van der Waals surface area contributed by atoms with Crippen molar-refractivity contribution in [2.45, 2.75) is 57.4 Å². The number of carbonyl (C=O) groups excluding carboxylic acids is 1. The summed E-state index contributed by atoms with van der Waals surface area (Å²) in [5, 5.41) is 13.1. The molecule has 1 atom stereocenters. The summed E-state index contributed by atoms with van der Waals surface area (Å²) < 4.78 is 76.1. The van der Waals surface area contributed by atoms with Crippen molar-refractivity contribution in [3.05, 3.63) is 75.5 Å². The van der Waals surface area contributed by atoms with Crippen LogP contribution in [-0.2, 0) is 18.8 Å². The predicted molar refractivity (Wildman–Crippen MR) is 144 cm³/mol. The molecule has 8 nitrogen and oxygen atoms in total. The summed E-state index contributed by atoms with van der Waals surface area (Å²) in [5.41, 5.74) is -4.17. The van der Waals surface area contributed by atoms with Crippen molar-refractivity contribution >= 4 is 16.8 Å². The van der Waals surface area contributed by atoms with E-state index in [0.29, 0.717) is 0 Å². The molecule has 222 valence electrons. The van der Waals surface area contributed by atoms with Gasteiger partial charge >= 0.3 is 6.18 Å².